The molecular weight excluding hydrogens is 238 g/mol. The molecule has 0 aliphatic heterocycles. The first-order chi connectivity index (χ1) is 8.65. The molecule has 6 nitrogen and oxygen atoms in total. The first kappa shape index (κ1) is 14.3. The molecule has 0 aliphatic rings. The van der Waals surface area contributed by atoms with Crippen LogP contribution < -0.4 is 14.8 Å². The summed E-state index contributed by atoms with van der Waals surface area (Å²) in [6.07, 6.45) is -0.949. The van der Waals surface area contributed by atoms with Gasteiger partial charge in [0.1, 0.15) is 11.5 Å². The van der Waals surface area contributed by atoms with Gasteiger partial charge >= 0.3 is 0 Å². The van der Waals surface area contributed by atoms with Crippen LogP contribution in [0.15, 0.2) is 24.3 Å². The van der Waals surface area contributed by atoms with E-state index in [0.29, 0.717) is 11.5 Å². The third-order valence-electron chi connectivity index (χ3n) is 2.17. The minimum absolute atomic E-state index is 0.00130. The van der Waals surface area contributed by atoms with Crippen molar-refractivity contribution in [1.82, 2.24) is 5.32 Å². The summed E-state index contributed by atoms with van der Waals surface area (Å²) in [5.74, 6) is 0.893. The molecule has 0 aliphatic carbocycles. The number of hydrogen-bond donors (Lipinski definition) is 3. The fourth-order valence-corrected chi connectivity index (χ4v) is 1.17. The molecule has 1 aromatic carbocycles. The van der Waals surface area contributed by atoms with Crippen LogP contribution >= 0.6 is 0 Å². The molecule has 6 heteroatoms. The van der Waals surface area contributed by atoms with E-state index in [1.54, 1.807) is 31.4 Å². The van der Waals surface area contributed by atoms with Crippen molar-refractivity contribution in [2.75, 3.05) is 26.9 Å². The highest BCUT2D eigenvalue weighted by molar-refractivity contribution is 5.77. The maximum Gasteiger partial charge on any atom is 0.258 e. The van der Waals surface area contributed by atoms with Gasteiger partial charge in [-0.25, -0.2) is 0 Å². The highest BCUT2D eigenvalue weighted by Gasteiger charge is 2.06. The standard InChI is InChI=1S/C12H17NO5/c1-17-10-2-4-11(5-3-10)18-8-12(16)13-6-9(15)7-14/h2-5,9,14-15H,6-8H2,1H3,(H,13,16). The molecule has 0 bridgehead atoms. The Labute approximate surface area is 105 Å². The van der Waals surface area contributed by atoms with Crippen molar-refractivity contribution >= 4 is 5.91 Å². The molecule has 18 heavy (non-hydrogen) atoms. The van der Waals surface area contributed by atoms with Gasteiger partial charge in [0.05, 0.1) is 19.8 Å². The number of rotatable bonds is 7. The van der Waals surface area contributed by atoms with Gasteiger partial charge in [-0.1, -0.05) is 0 Å². The Hall–Kier alpha value is -1.79. The summed E-state index contributed by atoms with van der Waals surface area (Å²) in [5.41, 5.74) is 0. The number of carbonyl (C=O) groups is 1. The van der Waals surface area contributed by atoms with Crippen LogP contribution in [0.25, 0.3) is 0 Å². The molecular formula is C12H17NO5. The normalized spacial score (nSPS) is 11.7. The summed E-state index contributed by atoms with van der Waals surface area (Å²) in [6, 6.07) is 6.83. The van der Waals surface area contributed by atoms with E-state index in [1.807, 2.05) is 0 Å². The Morgan fingerprint density at radius 1 is 1.33 bits per heavy atom. The van der Waals surface area contributed by atoms with E-state index >= 15 is 0 Å². The number of benzene rings is 1. The van der Waals surface area contributed by atoms with Crippen LogP contribution in [0.4, 0.5) is 0 Å². The zero-order chi connectivity index (χ0) is 13.4. The molecule has 0 saturated heterocycles. The lowest BCUT2D eigenvalue weighted by molar-refractivity contribution is -0.123. The Balaban J connectivity index is 2.29. The largest absolute Gasteiger partial charge is 0.497 e. The molecule has 1 atom stereocenters. The van der Waals surface area contributed by atoms with Crippen molar-refractivity contribution in [3.8, 4) is 11.5 Å². The number of hydrogen-bond acceptors (Lipinski definition) is 5. The zero-order valence-corrected chi connectivity index (χ0v) is 10.1. The summed E-state index contributed by atoms with van der Waals surface area (Å²) in [6.45, 7) is -0.536. The molecule has 3 N–H and O–H groups in total. The number of carbonyl (C=O) groups excluding carboxylic acids is 1. The van der Waals surface area contributed by atoms with Crippen molar-refractivity contribution in [3.63, 3.8) is 0 Å². The van der Waals surface area contributed by atoms with Crippen LogP contribution in [0.2, 0.25) is 0 Å². The minimum Gasteiger partial charge on any atom is -0.497 e. The van der Waals surface area contributed by atoms with Gasteiger partial charge in [0.2, 0.25) is 0 Å². The van der Waals surface area contributed by atoms with Gasteiger partial charge in [-0.2, -0.15) is 0 Å². The highest BCUT2D eigenvalue weighted by atomic mass is 16.5. The lowest BCUT2D eigenvalue weighted by atomic mass is 10.3. The quantitative estimate of drug-likeness (QED) is 0.614. The smallest absolute Gasteiger partial charge is 0.258 e. The SMILES string of the molecule is COc1ccc(OCC(=O)NCC(O)CO)cc1. The second-order valence-corrected chi connectivity index (χ2v) is 3.60. The number of aliphatic hydroxyl groups excluding tert-OH is 2. The third-order valence-corrected chi connectivity index (χ3v) is 2.17. The van der Waals surface area contributed by atoms with Crippen LogP contribution in [0.1, 0.15) is 0 Å². The van der Waals surface area contributed by atoms with E-state index in [-0.39, 0.29) is 25.7 Å². The van der Waals surface area contributed by atoms with E-state index in [4.69, 9.17) is 19.7 Å². The lowest BCUT2D eigenvalue weighted by Crippen LogP contribution is -2.36. The van der Waals surface area contributed by atoms with Crippen LogP contribution in [0.5, 0.6) is 11.5 Å². The maximum atomic E-state index is 11.3. The van der Waals surface area contributed by atoms with Crippen molar-refractivity contribution in [3.05, 3.63) is 24.3 Å². The molecule has 0 spiro atoms. The second kappa shape index (κ2) is 7.52. The fraction of sp³-hybridized carbons (Fsp3) is 0.417. The summed E-state index contributed by atoms with van der Waals surface area (Å²) in [5, 5.41) is 20.0. The summed E-state index contributed by atoms with van der Waals surface area (Å²) >= 11 is 0. The van der Waals surface area contributed by atoms with Crippen LogP contribution in [-0.4, -0.2) is 49.1 Å². The predicted molar refractivity (Wildman–Crippen MR) is 64.6 cm³/mol. The Bertz CT molecular complexity index is 365. The zero-order valence-electron chi connectivity index (χ0n) is 10.1. The van der Waals surface area contributed by atoms with E-state index in [0.717, 1.165) is 0 Å². The molecule has 1 rings (SSSR count). The van der Waals surface area contributed by atoms with Crippen LogP contribution in [0, 0.1) is 0 Å². The molecule has 0 radical (unpaired) electrons. The van der Waals surface area contributed by atoms with E-state index < -0.39 is 6.10 Å². The second-order valence-electron chi connectivity index (χ2n) is 3.60. The Morgan fingerprint density at radius 2 is 1.94 bits per heavy atom. The van der Waals surface area contributed by atoms with Gasteiger partial charge in [0, 0.05) is 6.54 Å². The molecule has 0 heterocycles. The monoisotopic (exact) mass is 255 g/mol. The average molecular weight is 255 g/mol. The molecule has 100 valence electrons. The fourth-order valence-electron chi connectivity index (χ4n) is 1.17. The van der Waals surface area contributed by atoms with Gasteiger partial charge in [-0.05, 0) is 24.3 Å². The molecule has 1 unspecified atom stereocenters. The third kappa shape index (κ3) is 5.03. The van der Waals surface area contributed by atoms with Crippen LogP contribution in [0.3, 0.4) is 0 Å². The van der Waals surface area contributed by atoms with Gasteiger partial charge < -0.3 is 25.0 Å². The van der Waals surface area contributed by atoms with E-state index in [2.05, 4.69) is 5.32 Å². The van der Waals surface area contributed by atoms with Crippen molar-refractivity contribution in [2.24, 2.45) is 0 Å². The van der Waals surface area contributed by atoms with Gasteiger partial charge in [0.25, 0.3) is 5.91 Å². The molecule has 0 saturated carbocycles. The molecule has 1 aromatic rings. The number of aliphatic hydroxyl groups is 2. The average Bonchev–Trinajstić information content (AvgIpc) is 2.42. The summed E-state index contributed by atoms with van der Waals surface area (Å²) in [4.78, 5) is 11.3. The number of ether oxygens (including phenoxy) is 2. The van der Waals surface area contributed by atoms with Gasteiger partial charge in [-0.3, -0.25) is 4.79 Å². The van der Waals surface area contributed by atoms with Crippen LogP contribution in [-0.2, 0) is 4.79 Å². The Morgan fingerprint density at radius 3 is 2.50 bits per heavy atom. The Kier molecular flexibility index (Phi) is 5.96. The van der Waals surface area contributed by atoms with Gasteiger partial charge in [-0.15, -0.1) is 0 Å². The number of amides is 1. The van der Waals surface area contributed by atoms with Gasteiger partial charge in [0.15, 0.2) is 6.61 Å². The predicted octanol–water partition coefficient (Wildman–Crippen LogP) is -0.457. The highest BCUT2D eigenvalue weighted by Crippen LogP contribution is 2.16. The summed E-state index contributed by atoms with van der Waals surface area (Å²) in [7, 11) is 1.57. The lowest BCUT2D eigenvalue weighted by Gasteiger charge is -2.10. The number of nitrogens with one attached hydrogen (secondary N) is 1. The minimum atomic E-state index is -0.949. The van der Waals surface area contributed by atoms with E-state index in [9.17, 15) is 4.79 Å². The number of methoxy groups -OCH3 is 1. The molecule has 0 aromatic heterocycles. The summed E-state index contributed by atoms with van der Waals surface area (Å²) < 4.78 is 10.2. The first-order valence-electron chi connectivity index (χ1n) is 5.48. The molecule has 0 fully saturated rings. The van der Waals surface area contributed by atoms with Crippen molar-refractivity contribution in [1.29, 1.82) is 0 Å². The maximum absolute atomic E-state index is 11.3. The van der Waals surface area contributed by atoms with Crippen molar-refractivity contribution < 1.29 is 24.5 Å². The topological polar surface area (TPSA) is 88.0 Å². The van der Waals surface area contributed by atoms with E-state index in [1.165, 1.54) is 0 Å². The molecule has 1 amide bonds. The van der Waals surface area contributed by atoms with Crippen molar-refractivity contribution in [2.45, 2.75) is 6.10 Å². The first-order valence-corrected chi connectivity index (χ1v) is 5.48.